The topological polar surface area (TPSA) is 110 Å². The number of benzene rings is 1. The van der Waals surface area contributed by atoms with Crippen molar-refractivity contribution >= 4 is 33.5 Å². The van der Waals surface area contributed by atoms with Crippen LogP contribution in [0.3, 0.4) is 0 Å². The Bertz CT molecular complexity index is 1430. The molecular formula is C22H18N2O7S. The van der Waals surface area contributed by atoms with Gasteiger partial charge in [-0.15, -0.1) is 11.3 Å². The van der Waals surface area contributed by atoms with E-state index >= 15 is 0 Å². The van der Waals surface area contributed by atoms with E-state index in [1.54, 1.807) is 0 Å². The first-order valence-corrected chi connectivity index (χ1v) is 10.3. The molecule has 4 aromatic rings. The van der Waals surface area contributed by atoms with Gasteiger partial charge in [0.1, 0.15) is 22.1 Å². The van der Waals surface area contributed by atoms with E-state index in [1.165, 1.54) is 36.9 Å². The monoisotopic (exact) mass is 454 g/mol. The molecule has 9 nitrogen and oxygen atoms in total. The Labute approximate surface area is 185 Å². The highest BCUT2D eigenvalue weighted by molar-refractivity contribution is 7.20. The Morgan fingerprint density at radius 1 is 1.06 bits per heavy atom. The first-order chi connectivity index (χ1) is 15.4. The number of rotatable bonds is 6. The maximum atomic E-state index is 13.0. The maximum Gasteiger partial charge on any atom is 0.373 e. The van der Waals surface area contributed by atoms with Crippen LogP contribution in [0.5, 0.6) is 0 Å². The molecule has 0 N–H and O–H groups in total. The number of furan rings is 1. The largest absolute Gasteiger partial charge is 0.463 e. The van der Waals surface area contributed by atoms with Crippen LogP contribution in [0.2, 0.25) is 0 Å². The van der Waals surface area contributed by atoms with Gasteiger partial charge in [-0.05, 0) is 23.8 Å². The fourth-order valence-corrected chi connectivity index (χ4v) is 4.15. The standard InChI is InChI=1S/C22H18N2O7S/c1-23-19-15(10-17(32-19)21(27)30-12-13-6-4-3-5-7-13)18(25)24(22(23)28)11-14-8-9-16(31-14)20(26)29-2/h3-10H,11-12H2,1-2H3. The van der Waals surface area contributed by atoms with Crippen LogP contribution in [-0.4, -0.2) is 28.2 Å². The van der Waals surface area contributed by atoms with E-state index in [2.05, 4.69) is 4.74 Å². The van der Waals surface area contributed by atoms with Crippen molar-refractivity contribution in [2.45, 2.75) is 13.2 Å². The zero-order valence-electron chi connectivity index (χ0n) is 17.2. The van der Waals surface area contributed by atoms with Crippen LogP contribution in [0.4, 0.5) is 0 Å². The summed E-state index contributed by atoms with van der Waals surface area (Å²) in [6.45, 7) is -0.0832. The van der Waals surface area contributed by atoms with Crippen LogP contribution < -0.4 is 11.2 Å². The van der Waals surface area contributed by atoms with Gasteiger partial charge in [-0.2, -0.15) is 0 Å². The third-order valence-corrected chi connectivity index (χ3v) is 5.98. The zero-order valence-corrected chi connectivity index (χ0v) is 18.0. The Morgan fingerprint density at radius 3 is 2.53 bits per heavy atom. The second-order valence-electron chi connectivity index (χ2n) is 6.88. The average molecular weight is 454 g/mol. The number of hydrogen-bond acceptors (Lipinski definition) is 8. The van der Waals surface area contributed by atoms with Gasteiger partial charge in [0.05, 0.1) is 19.0 Å². The Hall–Kier alpha value is -3.92. The molecular weight excluding hydrogens is 436 g/mol. The van der Waals surface area contributed by atoms with Crippen molar-refractivity contribution in [3.63, 3.8) is 0 Å². The molecule has 0 saturated carbocycles. The number of hydrogen-bond donors (Lipinski definition) is 0. The van der Waals surface area contributed by atoms with Crippen molar-refractivity contribution in [3.8, 4) is 0 Å². The number of aromatic nitrogens is 2. The highest BCUT2D eigenvalue weighted by Crippen LogP contribution is 2.23. The molecule has 3 heterocycles. The molecule has 0 bridgehead atoms. The second kappa shape index (κ2) is 8.67. The van der Waals surface area contributed by atoms with Crippen LogP contribution >= 0.6 is 11.3 Å². The minimum atomic E-state index is -0.663. The van der Waals surface area contributed by atoms with Crippen molar-refractivity contribution in [1.29, 1.82) is 0 Å². The maximum absolute atomic E-state index is 13.0. The van der Waals surface area contributed by atoms with E-state index in [9.17, 15) is 19.2 Å². The molecule has 32 heavy (non-hydrogen) atoms. The number of ether oxygens (including phenoxy) is 2. The summed E-state index contributed by atoms with van der Waals surface area (Å²) in [5.41, 5.74) is -0.316. The van der Waals surface area contributed by atoms with Crippen molar-refractivity contribution < 1.29 is 23.5 Å². The number of aryl methyl sites for hydroxylation is 1. The quantitative estimate of drug-likeness (QED) is 0.412. The van der Waals surface area contributed by atoms with Gasteiger partial charge in [0, 0.05) is 7.05 Å². The highest BCUT2D eigenvalue weighted by atomic mass is 32.1. The lowest BCUT2D eigenvalue weighted by atomic mass is 10.2. The molecule has 164 valence electrons. The Kier molecular flexibility index (Phi) is 5.78. The highest BCUT2D eigenvalue weighted by Gasteiger charge is 2.20. The van der Waals surface area contributed by atoms with E-state index < -0.39 is 23.2 Å². The summed E-state index contributed by atoms with van der Waals surface area (Å²) in [4.78, 5) is 50.4. The summed E-state index contributed by atoms with van der Waals surface area (Å²) in [7, 11) is 2.73. The SMILES string of the molecule is COC(=O)c1ccc(Cn2c(=O)c3cc(C(=O)OCc4ccccc4)sc3n(C)c2=O)o1. The van der Waals surface area contributed by atoms with Crippen LogP contribution in [-0.2, 0) is 29.7 Å². The lowest BCUT2D eigenvalue weighted by molar-refractivity contribution is 0.0478. The van der Waals surface area contributed by atoms with Gasteiger partial charge in [0.15, 0.2) is 0 Å². The minimum Gasteiger partial charge on any atom is -0.463 e. The molecule has 0 aliphatic rings. The molecule has 0 radical (unpaired) electrons. The fraction of sp³-hybridized carbons (Fsp3) is 0.182. The number of carbonyl (C=O) groups excluding carboxylic acids is 2. The second-order valence-corrected chi connectivity index (χ2v) is 7.91. The lowest BCUT2D eigenvalue weighted by Crippen LogP contribution is -2.38. The van der Waals surface area contributed by atoms with Gasteiger partial charge < -0.3 is 13.9 Å². The molecule has 0 unspecified atom stereocenters. The molecule has 3 aromatic heterocycles. The van der Waals surface area contributed by atoms with Crippen LogP contribution in [0.25, 0.3) is 10.2 Å². The predicted octanol–water partition coefficient (Wildman–Crippen LogP) is 2.55. The van der Waals surface area contributed by atoms with Crippen molar-refractivity contribution in [3.05, 3.63) is 91.3 Å². The van der Waals surface area contributed by atoms with Crippen molar-refractivity contribution in [1.82, 2.24) is 9.13 Å². The lowest BCUT2D eigenvalue weighted by Gasteiger charge is -2.06. The Balaban J connectivity index is 1.64. The van der Waals surface area contributed by atoms with Gasteiger partial charge in [-0.1, -0.05) is 30.3 Å². The summed E-state index contributed by atoms with van der Waals surface area (Å²) in [6, 6.07) is 13.5. The van der Waals surface area contributed by atoms with E-state index in [0.717, 1.165) is 21.5 Å². The molecule has 0 saturated heterocycles. The third-order valence-electron chi connectivity index (χ3n) is 4.79. The van der Waals surface area contributed by atoms with Crippen molar-refractivity contribution in [2.24, 2.45) is 7.05 Å². The molecule has 0 amide bonds. The van der Waals surface area contributed by atoms with Gasteiger partial charge in [0.2, 0.25) is 5.76 Å². The van der Waals surface area contributed by atoms with Gasteiger partial charge in [0.25, 0.3) is 5.56 Å². The number of nitrogens with zero attached hydrogens (tertiary/aromatic N) is 2. The number of thiophene rings is 1. The van der Waals surface area contributed by atoms with E-state index in [-0.39, 0.29) is 34.9 Å². The summed E-state index contributed by atoms with van der Waals surface area (Å²) < 4.78 is 17.6. The van der Waals surface area contributed by atoms with Crippen LogP contribution in [0.15, 0.2) is 62.5 Å². The van der Waals surface area contributed by atoms with Crippen molar-refractivity contribution in [2.75, 3.05) is 7.11 Å². The number of carbonyl (C=O) groups is 2. The molecule has 0 aliphatic carbocycles. The smallest absolute Gasteiger partial charge is 0.373 e. The first kappa shape index (κ1) is 21.3. The molecule has 0 spiro atoms. The number of methoxy groups -OCH3 is 1. The zero-order chi connectivity index (χ0) is 22.8. The summed E-state index contributed by atoms with van der Waals surface area (Å²) in [5.74, 6) is -1.04. The van der Waals surface area contributed by atoms with Gasteiger partial charge >= 0.3 is 17.6 Å². The normalized spacial score (nSPS) is 10.9. The molecule has 4 rings (SSSR count). The molecule has 1 aromatic carbocycles. The number of fused-ring (bicyclic) bond motifs is 1. The van der Waals surface area contributed by atoms with Crippen LogP contribution in [0.1, 0.15) is 31.6 Å². The number of esters is 2. The molecule has 10 heteroatoms. The summed E-state index contributed by atoms with van der Waals surface area (Å²) in [5, 5.41) is 0.212. The third kappa shape index (κ3) is 4.00. The summed E-state index contributed by atoms with van der Waals surface area (Å²) in [6.07, 6.45) is 0. The molecule has 0 atom stereocenters. The van der Waals surface area contributed by atoms with Gasteiger partial charge in [-0.25, -0.2) is 14.4 Å². The van der Waals surface area contributed by atoms with E-state index in [4.69, 9.17) is 9.15 Å². The molecule has 0 fully saturated rings. The van der Waals surface area contributed by atoms with E-state index in [0.29, 0.717) is 4.83 Å². The fourth-order valence-electron chi connectivity index (χ4n) is 3.15. The summed E-state index contributed by atoms with van der Waals surface area (Å²) >= 11 is 1.01. The van der Waals surface area contributed by atoms with Gasteiger partial charge in [-0.3, -0.25) is 13.9 Å². The minimum absolute atomic E-state index is 0.0348. The molecule has 0 aliphatic heterocycles. The van der Waals surface area contributed by atoms with E-state index in [1.807, 2.05) is 30.3 Å². The first-order valence-electron chi connectivity index (χ1n) is 9.50. The average Bonchev–Trinajstić information content (AvgIpc) is 3.47. The van der Waals surface area contributed by atoms with Crippen LogP contribution in [0, 0.1) is 0 Å². The predicted molar refractivity (Wildman–Crippen MR) is 116 cm³/mol. The Morgan fingerprint density at radius 2 is 1.81 bits per heavy atom.